The monoisotopic (exact) mass is 342 g/mol. The van der Waals surface area contributed by atoms with E-state index in [-0.39, 0.29) is 24.5 Å². The second-order valence-corrected chi connectivity index (χ2v) is 6.32. The lowest BCUT2D eigenvalue weighted by molar-refractivity contribution is 0.0891. The first kappa shape index (κ1) is 18.9. The molecular weight excluding hydrogens is 316 g/mol. The highest BCUT2D eigenvalue weighted by molar-refractivity contribution is 5.94. The van der Waals surface area contributed by atoms with Crippen molar-refractivity contribution in [3.63, 3.8) is 0 Å². The lowest BCUT2D eigenvalue weighted by Crippen LogP contribution is -2.41. The van der Waals surface area contributed by atoms with Crippen molar-refractivity contribution in [2.75, 3.05) is 11.9 Å². The molecule has 1 amide bonds. The maximum absolute atomic E-state index is 12.3. The summed E-state index contributed by atoms with van der Waals surface area (Å²) in [6.07, 6.45) is 0.893. The number of nitrogens with zero attached hydrogens (tertiary/aromatic N) is 2. The van der Waals surface area contributed by atoms with Crippen molar-refractivity contribution >= 4 is 17.5 Å². The number of aromatic nitrogens is 2. The molecule has 0 spiro atoms. The smallest absolute Gasteiger partial charge is 0.251 e. The van der Waals surface area contributed by atoms with Crippen molar-refractivity contribution in [1.29, 1.82) is 0 Å². The number of hydrogen-bond donors (Lipinski definition) is 3. The third-order valence-corrected chi connectivity index (χ3v) is 4.23. The van der Waals surface area contributed by atoms with Crippen LogP contribution in [0.4, 0.5) is 11.6 Å². The molecule has 6 heteroatoms. The van der Waals surface area contributed by atoms with E-state index in [0.29, 0.717) is 11.5 Å². The van der Waals surface area contributed by atoms with Crippen LogP contribution < -0.4 is 10.6 Å². The molecule has 1 aromatic heterocycles. The minimum atomic E-state index is -0.237. The molecule has 2 rings (SSSR count). The van der Waals surface area contributed by atoms with Crippen LogP contribution in [0, 0.1) is 19.8 Å². The molecule has 0 aliphatic rings. The number of benzene rings is 1. The van der Waals surface area contributed by atoms with Gasteiger partial charge in [-0.15, -0.1) is 0 Å². The van der Waals surface area contributed by atoms with Gasteiger partial charge in [0.1, 0.15) is 0 Å². The van der Waals surface area contributed by atoms with Crippen molar-refractivity contribution in [3.8, 4) is 0 Å². The Morgan fingerprint density at radius 2 is 1.76 bits per heavy atom. The molecule has 0 saturated carbocycles. The van der Waals surface area contributed by atoms with Gasteiger partial charge in [-0.3, -0.25) is 4.79 Å². The number of carbonyl (C=O) groups is 1. The predicted octanol–water partition coefficient (Wildman–Crippen LogP) is 2.97. The fraction of sp³-hybridized carbons (Fsp3) is 0.421. The lowest BCUT2D eigenvalue weighted by atomic mass is 9.99. The van der Waals surface area contributed by atoms with Crippen molar-refractivity contribution in [2.45, 2.75) is 40.2 Å². The summed E-state index contributed by atoms with van der Waals surface area (Å²) in [6, 6.07) is 8.78. The Hall–Kier alpha value is -2.47. The Morgan fingerprint density at radius 1 is 1.16 bits per heavy atom. The maximum atomic E-state index is 12.3. The van der Waals surface area contributed by atoms with Crippen LogP contribution in [0.5, 0.6) is 0 Å². The van der Waals surface area contributed by atoms with Gasteiger partial charge in [0, 0.05) is 22.6 Å². The summed E-state index contributed by atoms with van der Waals surface area (Å²) in [5.41, 5.74) is 3.15. The van der Waals surface area contributed by atoms with E-state index in [1.54, 1.807) is 12.1 Å². The Labute approximate surface area is 148 Å². The van der Waals surface area contributed by atoms with Gasteiger partial charge in [0.15, 0.2) is 0 Å². The van der Waals surface area contributed by atoms with Gasteiger partial charge in [-0.2, -0.15) is 0 Å². The first-order valence-electron chi connectivity index (χ1n) is 8.54. The Bertz CT molecular complexity index is 696. The summed E-state index contributed by atoms with van der Waals surface area (Å²) in [7, 11) is 0. The standard InChI is InChI=1S/C19H26N4O2/c1-5-12(2)17(11-24)23-18(25)15-6-8-16(9-7-15)22-19-20-13(3)10-14(4)21-19/h6-10,12,17,24H,5,11H2,1-4H3,(H,23,25)(H,20,21,22)/t12-,17-/m0/s1. The van der Waals surface area contributed by atoms with Crippen LogP contribution in [-0.2, 0) is 0 Å². The van der Waals surface area contributed by atoms with Crippen LogP contribution in [-0.4, -0.2) is 33.6 Å². The quantitative estimate of drug-likeness (QED) is 0.720. The van der Waals surface area contributed by atoms with Gasteiger partial charge in [-0.25, -0.2) is 9.97 Å². The largest absolute Gasteiger partial charge is 0.394 e. The zero-order chi connectivity index (χ0) is 18.4. The topological polar surface area (TPSA) is 87.1 Å². The van der Waals surface area contributed by atoms with Crippen molar-refractivity contribution in [2.24, 2.45) is 5.92 Å². The number of rotatable bonds is 7. The minimum Gasteiger partial charge on any atom is -0.394 e. The number of amides is 1. The maximum Gasteiger partial charge on any atom is 0.251 e. The van der Waals surface area contributed by atoms with E-state index in [1.165, 1.54) is 0 Å². The zero-order valence-corrected chi connectivity index (χ0v) is 15.2. The number of nitrogens with one attached hydrogen (secondary N) is 2. The average Bonchev–Trinajstić information content (AvgIpc) is 2.58. The van der Waals surface area contributed by atoms with Gasteiger partial charge >= 0.3 is 0 Å². The van der Waals surface area contributed by atoms with Gasteiger partial charge in [-0.1, -0.05) is 20.3 Å². The Morgan fingerprint density at radius 3 is 2.28 bits per heavy atom. The van der Waals surface area contributed by atoms with Crippen LogP contribution in [0.3, 0.4) is 0 Å². The second-order valence-electron chi connectivity index (χ2n) is 6.32. The van der Waals surface area contributed by atoms with Crippen molar-refractivity contribution < 1.29 is 9.90 Å². The highest BCUT2D eigenvalue weighted by Crippen LogP contribution is 2.15. The summed E-state index contributed by atoms with van der Waals surface area (Å²) in [5, 5.41) is 15.5. The number of aliphatic hydroxyl groups is 1. The summed E-state index contributed by atoms with van der Waals surface area (Å²) in [4.78, 5) is 21.0. The summed E-state index contributed by atoms with van der Waals surface area (Å²) in [5.74, 6) is 0.567. The molecule has 25 heavy (non-hydrogen) atoms. The molecule has 3 N–H and O–H groups in total. The molecule has 2 aromatic rings. The molecule has 0 aliphatic heterocycles. The fourth-order valence-corrected chi connectivity index (χ4v) is 2.52. The second kappa shape index (κ2) is 8.58. The predicted molar refractivity (Wildman–Crippen MR) is 99.0 cm³/mol. The molecule has 1 aromatic carbocycles. The van der Waals surface area contributed by atoms with Gasteiger partial charge < -0.3 is 15.7 Å². The molecule has 0 fully saturated rings. The highest BCUT2D eigenvalue weighted by atomic mass is 16.3. The number of aliphatic hydroxyl groups excluding tert-OH is 1. The molecule has 0 aliphatic carbocycles. The number of anilines is 2. The van der Waals surface area contributed by atoms with Crippen molar-refractivity contribution in [1.82, 2.24) is 15.3 Å². The van der Waals surface area contributed by atoms with E-state index < -0.39 is 0 Å². The van der Waals surface area contributed by atoms with Crippen LogP contribution in [0.2, 0.25) is 0 Å². The van der Waals surface area contributed by atoms with Crippen LogP contribution in [0.1, 0.15) is 42.0 Å². The van der Waals surface area contributed by atoms with Gasteiger partial charge in [-0.05, 0) is 50.1 Å². The Balaban J connectivity index is 2.04. The van der Waals surface area contributed by atoms with Gasteiger partial charge in [0.05, 0.1) is 12.6 Å². The third kappa shape index (κ3) is 5.26. The highest BCUT2D eigenvalue weighted by Gasteiger charge is 2.18. The SMILES string of the molecule is CC[C@H](C)[C@H](CO)NC(=O)c1ccc(Nc2nc(C)cc(C)n2)cc1. The first-order chi connectivity index (χ1) is 11.9. The molecule has 1 heterocycles. The zero-order valence-electron chi connectivity index (χ0n) is 15.2. The minimum absolute atomic E-state index is 0.0650. The number of aryl methyl sites for hydroxylation is 2. The third-order valence-electron chi connectivity index (χ3n) is 4.23. The molecule has 0 saturated heterocycles. The van der Waals surface area contributed by atoms with Gasteiger partial charge in [0.2, 0.25) is 5.95 Å². The summed E-state index contributed by atoms with van der Waals surface area (Å²) < 4.78 is 0. The molecule has 6 nitrogen and oxygen atoms in total. The van der Waals surface area contributed by atoms with E-state index in [1.807, 2.05) is 45.9 Å². The van der Waals surface area contributed by atoms with Gasteiger partial charge in [0.25, 0.3) is 5.91 Å². The number of carbonyl (C=O) groups excluding carboxylic acids is 1. The molecular formula is C19H26N4O2. The van der Waals surface area contributed by atoms with E-state index in [4.69, 9.17) is 0 Å². The summed E-state index contributed by atoms with van der Waals surface area (Å²) in [6.45, 7) is 7.82. The van der Waals surface area contributed by atoms with E-state index in [0.717, 1.165) is 23.5 Å². The molecule has 2 atom stereocenters. The van der Waals surface area contributed by atoms with Crippen LogP contribution in [0.15, 0.2) is 30.3 Å². The first-order valence-corrected chi connectivity index (χ1v) is 8.54. The average molecular weight is 342 g/mol. The number of hydrogen-bond acceptors (Lipinski definition) is 5. The molecule has 0 unspecified atom stereocenters. The van der Waals surface area contributed by atoms with E-state index in [9.17, 15) is 9.90 Å². The molecule has 134 valence electrons. The fourth-order valence-electron chi connectivity index (χ4n) is 2.52. The van der Waals surface area contributed by atoms with Crippen LogP contribution in [0.25, 0.3) is 0 Å². The van der Waals surface area contributed by atoms with Crippen LogP contribution >= 0.6 is 0 Å². The Kier molecular flexibility index (Phi) is 6.47. The summed E-state index contributed by atoms with van der Waals surface area (Å²) >= 11 is 0. The molecule has 0 bridgehead atoms. The normalized spacial score (nSPS) is 13.2. The molecule has 0 radical (unpaired) electrons. The lowest BCUT2D eigenvalue weighted by Gasteiger charge is -2.22. The van der Waals surface area contributed by atoms with E-state index >= 15 is 0 Å². The van der Waals surface area contributed by atoms with E-state index in [2.05, 4.69) is 20.6 Å². The van der Waals surface area contributed by atoms with Crippen molar-refractivity contribution in [3.05, 3.63) is 47.3 Å².